The molecule has 23 heavy (non-hydrogen) atoms. The minimum absolute atomic E-state index is 1.20. The maximum absolute atomic E-state index is 9.99. The van der Waals surface area contributed by atoms with Gasteiger partial charge in [-0.25, -0.2) is 0 Å². The van der Waals surface area contributed by atoms with Crippen molar-refractivity contribution in [3.05, 3.63) is 0 Å². The first-order chi connectivity index (χ1) is 10.8. The minimum Gasteiger partial charge on any atom is -0.387 e. The van der Waals surface area contributed by atoms with Gasteiger partial charge in [-0.1, -0.05) is 0 Å². The van der Waals surface area contributed by atoms with Gasteiger partial charge in [0.15, 0.2) is 25.2 Å². The van der Waals surface area contributed by atoms with Crippen molar-refractivity contribution in [2.75, 3.05) is 14.2 Å². The van der Waals surface area contributed by atoms with E-state index >= 15 is 0 Å². The van der Waals surface area contributed by atoms with E-state index in [1.165, 1.54) is 14.2 Å². The Morgan fingerprint density at radius 1 is 0.609 bits per heavy atom. The van der Waals surface area contributed by atoms with Crippen molar-refractivity contribution >= 4 is 0 Å². The predicted molar refractivity (Wildman–Crippen MR) is 68.5 cm³/mol. The molecule has 0 aromatic carbocycles. The van der Waals surface area contributed by atoms with Crippen molar-refractivity contribution in [2.45, 2.75) is 61.8 Å². The first-order valence-electron chi connectivity index (χ1n) is 6.92. The average Bonchev–Trinajstić information content (AvgIpc) is 2.54. The SMILES string of the molecule is COC1OC(OC2C(O)OC(OC)C(O)C2O)C(O)C(O)C1O. The van der Waals surface area contributed by atoms with E-state index < -0.39 is 61.8 Å². The molecule has 2 saturated heterocycles. The van der Waals surface area contributed by atoms with Crippen LogP contribution in [-0.4, -0.2) is 107 Å². The summed E-state index contributed by atoms with van der Waals surface area (Å²) in [5.74, 6) is 0. The summed E-state index contributed by atoms with van der Waals surface area (Å²) in [4.78, 5) is 0. The lowest BCUT2D eigenvalue weighted by molar-refractivity contribution is -0.396. The van der Waals surface area contributed by atoms with Gasteiger partial charge in [0, 0.05) is 14.2 Å². The van der Waals surface area contributed by atoms with Gasteiger partial charge in [-0.15, -0.1) is 0 Å². The molecule has 0 radical (unpaired) electrons. The fraction of sp³-hybridized carbons (Fsp3) is 1.00. The zero-order valence-electron chi connectivity index (χ0n) is 12.5. The molecule has 6 N–H and O–H groups in total. The molecule has 2 aliphatic rings. The molecular formula is C12H22O11. The monoisotopic (exact) mass is 342 g/mol. The Labute approximate surface area is 131 Å². The summed E-state index contributed by atoms with van der Waals surface area (Å²) >= 11 is 0. The van der Waals surface area contributed by atoms with Crippen molar-refractivity contribution in [1.29, 1.82) is 0 Å². The summed E-state index contributed by atoms with van der Waals surface area (Å²) in [6, 6.07) is 0. The van der Waals surface area contributed by atoms with Crippen LogP contribution in [0.1, 0.15) is 0 Å². The zero-order valence-corrected chi connectivity index (χ0v) is 12.5. The van der Waals surface area contributed by atoms with Crippen LogP contribution in [0.2, 0.25) is 0 Å². The number of rotatable bonds is 4. The largest absolute Gasteiger partial charge is 0.387 e. The normalized spacial score (nSPS) is 51.7. The average molecular weight is 342 g/mol. The van der Waals surface area contributed by atoms with Crippen molar-refractivity contribution in [3.63, 3.8) is 0 Å². The standard InChI is InChI=1S/C12H22O11/c1-19-10-7(17)4(14)8(9(18)22-10)21-12-6(16)3(13)5(15)11(20-2)23-12/h3-18H,1-2H3. The van der Waals surface area contributed by atoms with Crippen LogP contribution < -0.4 is 0 Å². The molecule has 2 aliphatic heterocycles. The molecule has 0 aromatic rings. The molecule has 10 unspecified atom stereocenters. The minimum atomic E-state index is -1.70. The number of aliphatic hydroxyl groups is 6. The fourth-order valence-corrected chi connectivity index (χ4v) is 2.44. The van der Waals surface area contributed by atoms with E-state index in [1.54, 1.807) is 0 Å². The fourth-order valence-electron chi connectivity index (χ4n) is 2.44. The van der Waals surface area contributed by atoms with E-state index in [1.807, 2.05) is 0 Å². The first kappa shape index (κ1) is 18.9. The van der Waals surface area contributed by atoms with Gasteiger partial charge >= 0.3 is 0 Å². The van der Waals surface area contributed by atoms with Crippen LogP contribution in [0.15, 0.2) is 0 Å². The van der Waals surface area contributed by atoms with Gasteiger partial charge in [-0.3, -0.25) is 0 Å². The molecule has 0 amide bonds. The Morgan fingerprint density at radius 3 is 1.65 bits per heavy atom. The third-order valence-corrected chi connectivity index (χ3v) is 3.80. The van der Waals surface area contributed by atoms with E-state index in [9.17, 15) is 30.6 Å². The number of hydrogen-bond donors (Lipinski definition) is 6. The summed E-state index contributed by atoms with van der Waals surface area (Å²) in [6.45, 7) is 0. The van der Waals surface area contributed by atoms with Crippen LogP contribution in [0.4, 0.5) is 0 Å². The Kier molecular flexibility index (Phi) is 6.27. The molecular weight excluding hydrogens is 320 g/mol. The van der Waals surface area contributed by atoms with E-state index in [4.69, 9.17) is 23.7 Å². The van der Waals surface area contributed by atoms with Gasteiger partial charge in [0.05, 0.1) is 0 Å². The highest BCUT2D eigenvalue weighted by Gasteiger charge is 2.50. The maximum Gasteiger partial charge on any atom is 0.189 e. The molecule has 11 nitrogen and oxygen atoms in total. The molecule has 2 heterocycles. The number of aliphatic hydroxyl groups excluding tert-OH is 6. The number of hydrogen-bond acceptors (Lipinski definition) is 11. The van der Waals surface area contributed by atoms with Gasteiger partial charge in [0.1, 0.15) is 36.6 Å². The smallest absolute Gasteiger partial charge is 0.189 e. The van der Waals surface area contributed by atoms with E-state index in [-0.39, 0.29) is 0 Å². The van der Waals surface area contributed by atoms with Crippen LogP contribution in [0.5, 0.6) is 0 Å². The lowest BCUT2D eigenvalue weighted by Gasteiger charge is -2.44. The quantitative estimate of drug-likeness (QED) is 0.293. The summed E-state index contributed by atoms with van der Waals surface area (Å²) in [5, 5.41) is 58.9. The third-order valence-electron chi connectivity index (χ3n) is 3.80. The summed E-state index contributed by atoms with van der Waals surface area (Å²) < 4.78 is 24.8. The second-order valence-corrected chi connectivity index (χ2v) is 5.29. The Bertz CT molecular complexity index is 380. The van der Waals surface area contributed by atoms with Crippen LogP contribution >= 0.6 is 0 Å². The van der Waals surface area contributed by atoms with Gasteiger partial charge in [-0.2, -0.15) is 0 Å². The molecule has 0 saturated carbocycles. The lowest BCUT2D eigenvalue weighted by atomic mass is 10.0. The lowest BCUT2D eigenvalue weighted by Crippen LogP contribution is -2.63. The van der Waals surface area contributed by atoms with Crippen LogP contribution in [0.3, 0.4) is 0 Å². The molecule has 0 aliphatic carbocycles. The second kappa shape index (κ2) is 7.63. The molecule has 0 spiro atoms. The second-order valence-electron chi connectivity index (χ2n) is 5.29. The summed E-state index contributed by atoms with van der Waals surface area (Å²) in [7, 11) is 2.42. The van der Waals surface area contributed by atoms with E-state index in [2.05, 4.69) is 0 Å². The van der Waals surface area contributed by atoms with Gasteiger partial charge in [0.2, 0.25) is 0 Å². The van der Waals surface area contributed by atoms with Crippen molar-refractivity contribution in [3.8, 4) is 0 Å². The first-order valence-corrected chi connectivity index (χ1v) is 6.92. The van der Waals surface area contributed by atoms with Gasteiger partial charge in [-0.05, 0) is 0 Å². The van der Waals surface area contributed by atoms with Gasteiger partial charge in [0.25, 0.3) is 0 Å². The van der Waals surface area contributed by atoms with Crippen molar-refractivity contribution < 1.29 is 54.3 Å². The Hall–Kier alpha value is -0.440. The topological polar surface area (TPSA) is 168 Å². The Balaban J connectivity index is 2.08. The molecule has 2 rings (SSSR count). The molecule has 0 bridgehead atoms. The number of ether oxygens (including phenoxy) is 5. The highest BCUT2D eigenvalue weighted by molar-refractivity contribution is 4.90. The number of methoxy groups -OCH3 is 2. The highest BCUT2D eigenvalue weighted by Crippen LogP contribution is 2.28. The molecule has 2 fully saturated rings. The van der Waals surface area contributed by atoms with E-state index in [0.717, 1.165) is 0 Å². The molecule has 136 valence electrons. The van der Waals surface area contributed by atoms with E-state index in [0.29, 0.717) is 0 Å². The van der Waals surface area contributed by atoms with Crippen LogP contribution in [-0.2, 0) is 23.7 Å². The summed E-state index contributed by atoms with van der Waals surface area (Å²) in [6.07, 6.45) is -15.3. The van der Waals surface area contributed by atoms with Gasteiger partial charge < -0.3 is 54.3 Å². The van der Waals surface area contributed by atoms with Crippen LogP contribution in [0.25, 0.3) is 0 Å². The Morgan fingerprint density at radius 2 is 1.09 bits per heavy atom. The molecule has 0 aromatic heterocycles. The predicted octanol–water partition coefficient (Wildman–Crippen LogP) is -4.17. The van der Waals surface area contributed by atoms with Crippen LogP contribution in [0, 0.1) is 0 Å². The molecule has 11 heteroatoms. The summed E-state index contributed by atoms with van der Waals surface area (Å²) in [5.41, 5.74) is 0. The van der Waals surface area contributed by atoms with Crippen molar-refractivity contribution in [2.24, 2.45) is 0 Å². The zero-order chi connectivity index (χ0) is 17.3. The molecule has 10 atom stereocenters. The highest BCUT2D eigenvalue weighted by atomic mass is 16.8. The maximum atomic E-state index is 9.99. The van der Waals surface area contributed by atoms with Crippen molar-refractivity contribution in [1.82, 2.24) is 0 Å². The third kappa shape index (κ3) is 3.65.